The van der Waals surface area contributed by atoms with E-state index in [2.05, 4.69) is 15.4 Å². The summed E-state index contributed by atoms with van der Waals surface area (Å²) >= 11 is 0. The van der Waals surface area contributed by atoms with Gasteiger partial charge in [-0.15, -0.1) is 0 Å². The number of unbranched alkanes of at least 4 members (excludes halogenated alkanes) is 1. The number of hydrogen-bond acceptors (Lipinski definition) is 7. The molecule has 0 aliphatic carbocycles. The molecule has 1 rings (SSSR count). The number of alkyl carbamates (subject to hydrolysis) is 1. The van der Waals surface area contributed by atoms with E-state index in [1.807, 2.05) is 26.8 Å². The molecule has 4 amide bonds. The molecule has 0 fully saturated rings. The Labute approximate surface area is 224 Å². The van der Waals surface area contributed by atoms with Crippen molar-refractivity contribution in [3.63, 3.8) is 0 Å². The molecular weight excluding hydrogens is 492 g/mol. The van der Waals surface area contributed by atoms with Crippen LogP contribution in [0.2, 0.25) is 0 Å². The van der Waals surface area contributed by atoms with Crippen molar-refractivity contribution in [3.8, 4) is 0 Å². The lowest BCUT2D eigenvalue weighted by Crippen LogP contribution is -2.53. The summed E-state index contributed by atoms with van der Waals surface area (Å²) in [6, 6.07) is 3.12. The zero-order valence-electron chi connectivity index (χ0n) is 23.5. The fraction of sp³-hybridized carbons (Fsp3) is 0.593. The Hall–Kier alpha value is -3.63. The minimum Gasteiger partial charge on any atom is -0.468 e. The molecule has 2 atom stereocenters. The molecule has 0 saturated carbocycles. The first-order valence-electron chi connectivity index (χ1n) is 12.7. The van der Waals surface area contributed by atoms with Crippen molar-refractivity contribution in [1.29, 1.82) is 0 Å². The summed E-state index contributed by atoms with van der Waals surface area (Å²) in [5, 5.41) is 5.11. The molecule has 11 heteroatoms. The zero-order valence-corrected chi connectivity index (χ0v) is 23.5. The predicted molar refractivity (Wildman–Crippen MR) is 142 cm³/mol. The fourth-order valence-electron chi connectivity index (χ4n) is 3.74. The van der Waals surface area contributed by atoms with Gasteiger partial charge in [0.1, 0.15) is 24.2 Å². The Morgan fingerprint density at radius 2 is 1.76 bits per heavy atom. The van der Waals surface area contributed by atoms with Gasteiger partial charge in [0.25, 0.3) is 0 Å². The Balaban J connectivity index is 3.56. The quantitative estimate of drug-likeness (QED) is 0.328. The molecular formula is C27H42N4O7. The fourth-order valence-corrected chi connectivity index (χ4v) is 3.74. The lowest BCUT2D eigenvalue weighted by molar-refractivity contribution is -0.145. The minimum atomic E-state index is -1.18. The van der Waals surface area contributed by atoms with Crippen LogP contribution in [0.5, 0.6) is 0 Å². The van der Waals surface area contributed by atoms with Gasteiger partial charge in [0.2, 0.25) is 17.7 Å². The van der Waals surface area contributed by atoms with Gasteiger partial charge in [-0.2, -0.15) is 0 Å². The maximum Gasteiger partial charge on any atom is 0.408 e. The Morgan fingerprint density at radius 3 is 2.32 bits per heavy atom. The summed E-state index contributed by atoms with van der Waals surface area (Å²) in [5.74, 6) is -2.45. The lowest BCUT2D eigenvalue weighted by atomic mass is 9.94. The zero-order chi connectivity index (χ0) is 29.0. The van der Waals surface area contributed by atoms with Crippen LogP contribution >= 0.6 is 0 Å². The molecule has 1 aromatic rings. The van der Waals surface area contributed by atoms with Crippen molar-refractivity contribution in [2.45, 2.75) is 84.9 Å². The number of amides is 4. The van der Waals surface area contributed by atoms with E-state index in [1.54, 1.807) is 32.9 Å². The van der Waals surface area contributed by atoms with E-state index in [4.69, 9.17) is 10.5 Å². The number of primary amides is 1. The third-order valence-corrected chi connectivity index (χ3v) is 5.84. The summed E-state index contributed by atoms with van der Waals surface area (Å²) < 4.78 is 9.96. The topological polar surface area (TPSA) is 157 Å². The molecule has 1 aromatic carbocycles. The van der Waals surface area contributed by atoms with Crippen LogP contribution in [0.4, 0.5) is 4.79 Å². The summed E-state index contributed by atoms with van der Waals surface area (Å²) in [4.78, 5) is 64.8. The number of nitrogens with zero attached hydrogens (tertiary/aromatic N) is 1. The van der Waals surface area contributed by atoms with Crippen LogP contribution < -0.4 is 16.4 Å². The number of nitrogens with two attached hydrogens (primary N) is 1. The third-order valence-electron chi connectivity index (χ3n) is 5.84. The van der Waals surface area contributed by atoms with Gasteiger partial charge in [-0.25, -0.2) is 4.79 Å². The third kappa shape index (κ3) is 10.4. The Bertz CT molecular complexity index is 1000. The number of nitrogens with one attached hydrogen (secondary N) is 2. The molecule has 0 aliphatic rings. The molecule has 2 unspecified atom stereocenters. The van der Waals surface area contributed by atoms with Crippen LogP contribution in [0.1, 0.15) is 76.1 Å². The number of ether oxygens (including phenoxy) is 2. The van der Waals surface area contributed by atoms with Crippen molar-refractivity contribution >= 4 is 29.8 Å². The molecule has 0 saturated heterocycles. The van der Waals surface area contributed by atoms with Crippen LogP contribution in [-0.2, 0) is 28.7 Å². The van der Waals surface area contributed by atoms with Gasteiger partial charge >= 0.3 is 12.1 Å². The predicted octanol–water partition coefficient (Wildman–Crippen LogP) is 2.42. The monoisotopic (exact) mass is 534 g/mol. The highest BCUT2D eigenvalue weighted by Crippen LogP contribution is 2.28. The van der Waals surface area contributed by atoms with Gasteiger partial charge in [-0.3, -0.25) is 19.2 Å². The number of benzene rings is 1. The molecule has 0 spiro atoms. The SMILES string of the molecule is CCCCN(C(=O)C(CCC(N)=O)NC(=O)OC(C)(C)C)C(C(=O)NCC(=O)OC)c1cccc(C)c1C. The van der Waals surface area contributed by atoms with Gasteiger partial charge in [-0.05, 0) is 64.2 Å². The second-order valence-electron chi connectivity index (χ2n) is 10.1. The summed E-state index contributed by atoms with van der Waals surface area (Å²) in [7, 11) is 1.21. The van der Waals surface area contributed by atoms with Gasteiger partial charge in [0.15, 0.2) is 0 Å². The van der Waals surface area contributed by atoms with E-state index in [-0.39, 0.29) is 25.9 Å². The van der Waals surface area contributed by atoms with Crippen LogP contribution in [0, 0.1) is 13.8 Å². The lowest BCUT2D eigenvalue weighted by Gasteiger charge is -2.35. The maximum atomic E-state index is 14.0. The van der Waals surface area contributed by atoms with Crippen LogP contribution in [0.15, 0.2) is 18.2 Å². The summed E-state index contributed by atoms with van der Waals surface area (Å²) in [5.41, 5.74) is 6.79. The second-order valence-corrected chi connectivity index (χ2v) is 10.1. The number of methoxy groups -OCH3 is 1. The van der Waals surface area contributed by atoms with Crippen LogP contribution in [0.3, 0.4) is 0 Å². The van der Waals surface area contributed by atoms with Crippen LogP contribution in [-0.4, -0.2) is 66.5 Å². The van der Waals surface area contributed by atoms with E-state index in [0.29, 0.717) is 12.0 Å². The molecule has 0 heterocycles. The first-order chi connectivity index (χ1) is 17.7. The largest absolute Gasteiger partial charge is 0.468 e. The molecule has 0 aromatic heterocycles. The molecule has 0 radical (unpaired) electrons. The molecule has 38 heavy (non-hydrogen) atoms. The highest BCUT2D eigenvalue weighted by molar-refractivity contribution is 5.93. The van der Waals surface area contributed by atoms with Crippen LogP contribution in [0.25, 0.3) is 0 Å². The standard InChI is InChI=1S/C27H42N4O7/c1-8-9-15-31(25(35)20(13-14-21(28)32)30-26(36)38-27(4,5)6)23(24(34)29-16-22(33)37-7)19-12-10-11-17(2)18(19)3/h10-12,20,23H,8-9,13-16H2,1-7H3,(H2,28,32)(H,29,34)(H,30,36). The minimum absolute atomic E-state index is 0.0840. The Morgan fingerprint density at radius 1 is 1.11 bits per heavy atom. The van der Waals surface area contributed by atoms with Gasteiger partial charge < -0.3 is 30.7 Å². The summed E-state index contributed by atoms with van der Waals surface area (Å²) in [6.45, 7) is 10.5. The van der Waals surface area contributed by atoms with E-state index >= 15 is 0 Å². The highest BCUT2D eigenvalue weighted by Gasteiger charge is 2.37. The molecule has 4 N–H and O–H groups in total. The molecule has 0 aliphatic heterocycles. The molecule has 212 valence electrons. The van der Waals surface area contributed by atoms with Crippen molar-refractivity contribution in [1.82, 2.24) is 15.5 Å². The number of aryl methyl sites for hydroxylation is 1. The van der Waals surface area contributed by atoms with Crippen molar-refractivity contribution in [2.24, 2.45) is 5.73 Å². The van der Waals surface area contributed by atoms with Crippen molar-refractivity contribution < 1.29 is 33.4 Å². The maximum absolute atomic E-state index is 14.0. The van der Waals surface area contributed by atoms with Gasteiger partial charge in [-0.1, -0.05) is 31.5 Å². The van der Waals surface area contributed by atoms with Crippen molar-refractivity contribution in [2.75, 3.05) is 20.2 Å². The van der Waals surface area contributed by atoms with E-state index in [9.17, 15) is 24.0 Å². The number of carbonyl (C=O) groups is 5. The summed E-state index contributed by atoms with van der Waals surface area (Å²) in [6.07, 6.45) is 0.190. The van der Waals surface area contributed by atoms with Crippen molar-refractivity contribution in [3.05, 3.63) is 34.9 Å². The van der Waals surface area contributed by atoms with E-state index in [1.165, 1.54) is 12.0 Å². The second kappa shape index (κ2) is 14.9. The average molecular weight is 535 g/mol. The molecule has 0 bridgehead atoms. The number of rotatable bonds is 13. The first-order valence-corrected chi connectivity index (χ1v) is 12.7. The number of carbonyl (C=O) groups excluding carboxylic acids is 5. The van der Waals surface area contributed by atoms with Gasteiger partial charge in [0.05, 0.1) is 7.11 Å². The van der Waals surface area contributed by atoms with E-state index < -0.39 is 47.5 Å². The normalized spacial score (nSPS) is 12.6. The van der Waals surface area contributed by atoms with E-state index in [0.717, 1.165) is 17.5 Å². The average Bonchev–Trinajstić information content (AvgIpc) is 2.83. The highest BCUT2D eigenvalue weighted by atomic mass is 16.6. The Kier molecular flexibility index (Phi) is 12.7. The van der Waals surface area contributed by atoms with Gasteiger partial charge in [0, 0.05) is 13.0 Å². The smallest absolute Gasteiger partial charge is 0.408 e. The number of esters is 1. The number of hydrogen-bond donors (Lipinski definition) is 3. The first kappa shape index (κ1) is 32.4. The molecule has 11 nitrogen and oxygen atoms in total.